The average Bonchev–Trinajstić information content (AvgIpc) is 2.36. The minimum absolute atomic E-state index is 0.0901. The molecule has 110 valence electrons. The smallest absolute Gasteiger partial charge is 0.337 e. The second kappa shape index (κ2) is 5.61. The molecule has 0 spiro atoms. The summed E-state index contributed by atoms with van der Waals surface area (Å²) in [5, 5.41) is 9.00. The summed E-state index contributed by atoms with van der Waals surface area (Å²) < 4.78 is 50.7. The van der Waals surface area contributed by atoms with Crippen molar-refractivity contribution in [2.45, 2.75) is 10.6 Å². The van der Waals surface area contributed by atoms with Crippen molar-refractivity contribution in [2.24, 2.45) is 0 Å². The van der Waals surface area contributed by atoms with Gasteiger partial charge in [-0.25, -0.2) is 22.0 Å². The van der Waals surface area contributed by atoms with E-state index >= 15 is 0 Å². The van der Waals surface area contributed by atoms with Gasteiger partial charge in [-0.2, -0.15) is 0 Å². The third kappa shape index (κ3) is 3.43. The van der Waals surface area contributed by atoms with Crippen LogP contribution in [0.25, 0.3) is 0 Å². The van der Waals surface area contributed by atoms with Crippen LogP contribution in [-0.2, 0) is 15.6 Å². The van der Waals surface area contributed by atoms with Gasteiger partial charge < -0.3 is 5.11 Å². The molecule has 0 aromatic heterocycles. The van der Waals surface area contributed by atoms with Gasteiger partial charge in [0.2, 0.25) is 0 Å². The first-order chi connectivity index (χ1) is 9.79. The number of rotatable bonds is 4. The zero-order chi connectivity index (χ0) is 15.6. The molecule has 0 atom stereocenters. The van der Waals surface area contributed by atoms with E-state index in [9.17, 15) is 22.0 Å². The molecule has 7 heteroatoms. The lowest BCUT2D eigenvalue weighted by molar-refractivity contribution is 0.0692. The van der Waals surface area contributed by atoms with Crippen LogP contribution in [0.5, 0.6) is 0 Å². The summed E-state index contributed by atoms with van der Waals surface area (Å²) in [5.41, 5.74) is -0.470. The number of hydrogen-bond donors (Lipinski definition) is 1. The number of halogens is 2. The maximum atomic E-state index is 13.1. The van der Waals surface area contributed by atoms with Crippen molar-refractivity contribution in [3.8, 4) is 0 Å². The zero-order valence-electron chi connectivity index (χ0n) is 10.6. The Kier molecular flexibility index (Phi) is 4.04. The third-order valence-corrected chi connectivity index (χ3v) is 4.47. The highest BCUT2D eigenvalue weighted by Gasteiger charge is 2.22. The average molecular weight is 312 g/mol. The van der Waals surface area contributed by atoms with E-state index in [0.717, 1.165) is 24.3 Å². The molecule has 0 heterocycles. The van der Waals surface area contributed by atoms with E-state index in [1.807, 2.05) is 0 Å². The second-order valence-electron chi connectivity index (χ2n) is 4.34. The van der Waals surface area contributed by atoms with Gasteiger partial charge in [-0.1, -0.05) is 12.1 Å². The summed E-state index contributed by atoms with van der Waals surface area (Å²) in [4.78, 5) is 10.7. The van der Waals surface area contributed by atoms with E-state index in [4.69, 9.17) is 5.11 Å². The Morgan fingerprint density at radius 2 is 1.62 bits per heavy atom. The van der Waals surface area contributed by atoms with E-state index < -0.39 is 33.2 Å². The first-order valence-electron chi connectivity index (χ1n) is 5.79. The monoisotopic (exact) mass is 312 g/mol. The molecule has 0 saturated heterocycles. The summed E-state index contributed by atoms with van der Waals surface area (Å²) in [6.45, 7) is 0. The second-order valence-corrected chi connectivity index (χ2v) is 6.30. The molecule has 4 nitrogen and oxygen atoms in total. The lowest BCUT2D eigenvalue weighted by atomic mass is 10.2. The minimum atomic E-state index is -4.04. The first-order valence-corrected chi connectivity index (χ1v) is 7.45. The maximum Gasteiger partial charge on any atom is 0.337 e. The van der Waals surface area contributed by atoms with Crippen LogP contribution in [0, 0.1) is 11.6 Å². The maximum absolute atomic E-state index is 13.1. The van der Waals surface area contributed by atoms with Crippen molar-refractivity contribution in [1.82, 2.24) is 0 Å². The van der Waals surface area contributed by atoms with Gasteiger partial charge in [0.15, 0.2) is 9.84 Å². The van der Waals surface area contributed by atoms with Crippen molar-refractivity contribution in [1.29, 1.82) is 0 Å². The molecule has 2 aromatic rings. The van der Waals surface area contributed by atoms with Gasteiger partial charge in [0, 0.05) is 6.07 Å². The van der Waals surface area contributed by atoms with Gasteiger partial charge in [0.05, 0.1) is 16.2 Å². The largest absolute Gasteiger partial charge is 0.478 e. The summed E-state index contributed by atoms with van der Waals surface area (Å²) in [6.07, 6.45) is 0. The number of sulfone groups is 1. The number of carboxylic acid groups (broad SMARTS) is 1. The van der Waals surface area contributed by atoms with Crippen LogP contribution in [0.2, 0.25) is 0 Å². The summed E-state index contributed by atoms with van der Waals surface area (Å²) in [6, 6.07) is 7.49. The molecule has 21 heavy (non-hydrogen) atoms. The third-order valence-electron chi connectivity index (χ3n) is 2.73. The van der Waals surface area contributed by atoms with E-state index in [1.54, 1.807) is 0 Å². The standard InChI is InChI=1S/C14H10F2O4S/c15-10-5-9(6-11(16)7-10)8-21(19,20)13-4-2-1-3-12(13)14(17)18/h1-7H,8H2,(H,17,18). The summed E-state index contributed by atoms with van der Waals surface area (Å²) in [7, 11) is -4.04. The van der Waals surface area contributed by atoms with Gasteiger partial charge in [-0.05, 0) is 29.8 Å². The van der Waals surface area contributed by atoms with Crippen LogP contribution < -0.4 is 0 Å². The zero-order valence-corrected chi connectivity index (χ0v) is 11.4. The Hall–Kier alpha value is -2.28. The molecule has 1 N–H and O–H groups in total. The molecule has 0 amide bonds. The number of benzene rings is 2. The summed E-state index contributed by atoms with van der Waals surface area (Å²) in [5.74, 6) is -3.87. The molecule has 0 aliphatic heterocycles. The van der Waals surface area contributed by atoms with Crippen LogP contribution in [0.1, 0.15) is 15.9 Å². The SMILES string of the molecule is O=C(O)c1ccccc1S(=O)(=O)Cc1cc(F)cc(F)c1. The Labute approximate surface area is 119 Å². The van der Waals surface area contributed by atoms with Crippen molar-refractivity contribution in [2.75, 3.05) is 0 Å². The van der Waals surface area contributed by atoms with Crippen LogP contribution in [-0.4, -0.2) is 19.5 Å². The Morgan fingerprint density at radius 3 is 2.19 bits per heavy atom. The van der Waals surface area contributed by atoms with Crippen LogP contribution in [0.15, 0.2) is 47.4 Å². The first kappa shape index (κ1) is 15.1. The van der Waals surface area contributed by atoms with Gasteiger partial charge in [0.1, 0.15) is 11.6 Å². The molecular weight excluding hydrogens is 302 g/mol. The molecule has 2 rings (SSSR count). The predicted molar refractivity (Wildman–Crippen MR) is 70.6 cm³/mol. The topological polar surface area (TPSA) is 71.4 Å². The number of carbonyl (C=O) groups is 1. The van der Waals surface area contributed by atoms with Crippen molar-refractivity contribution >= 4 is 15.8 Å². The lowest BCUT2D eigenvalue weighted by Gasteiger charge is -2.08. The molecule has 0 unspecified atom stereocenters. The van der Waals surface area contributed by atoms with E-state index in [0.29, 0.717) is 6.07 Å². The Morgan fingerprint density at radius 1 is 1.05 bits per heavy atom. The van der Waals surface area contributed by atoms with Gasteiger partial charge >= 0.3 is 5.97 Å². The van der Waals surface area contributed by atoms with Gasteiger partial charge in [-0.15, -0.1) is 0 Å². The lowest BCUT2D eigenvalue weighted by Crippen LogP contribution is -2.11. The van der Waals surface area contributed by atoms with Crippen molar-refractivity contribution < 1.29 is 27.1 Å². The highest BCUT2D eigenvalue weighted by molar-refractivity contribution is 7.90. The van der Waals surface area contributed by atoms with Crippen molar-refractivity contribution in [3.05, 3.63) is 65.2 Å². The fourth-order valence-electron chi connectivity index (χ4n) is 1.91. The predicted octanol–water partition coefficient (Wildman–Crippen LogP) is 2.64. The quantitative estimate of drug-likeness (QED) is 0.942. The van der Waals surface area contributed by atoms with Crippen molar-refractivity contribution in [3.63, 3.8) is 0 Å². The molecule has 0 fully saturated rings. The van der Waals surface area contributed by atoms with E-state index in [-0.39, 0.29) is 16.0 Å². The van der Waals surface area contributed by atoms with Gasteiger partial charge in [-0.3, -0.25) is 0 Å². The van der Waals surface area contributed by atoms with E-state index in [2.05, 4.69) is 0 Å². The fourth-order valence-corrected chi connectivity index (χ4v) is 3.44. The fraction of sp³-hybridized carbons (Fsp3) is 0.0714. The highest BCUT2D eigenvalue weighted by atomic mass is 32.2. The number of aromatic carboxylic acids is 1. The molecular formula is C14H10F2O4S. The van der Waals surface area contributed by atoms with Crippen LogP contribution in [0.4, 0.5) is 8.78 Å². The Bertz CT molecular complexity index is 780. The van der Waals surface area contributed by atoms with E-state index in [1.165, 1.54) is 12.1 Å². The normalized spacial score (nSPS) is 11.3. The molecule has 0 aliphatic rings. The van der Waals surface area contributed by atoms with Crippen LogP contribution in [0.3, 0.4) is 0 Å². The van der Waals surface area contributed by atoms with Crippen LogP contribution >= 0.6 is 0 Å². The highest BCUT2D eigenvalue weighted by Crippen LogP contribution is 2.21. The summed E-state index contributed by atoms with van der Waals surface area (Å²) >= 11 is 0. The van der Waals surface area contributed by atoms with Gasteiger partial charge in [0.25, 0.3) is 0 Å². The molecule has 0 bridgehead atoms. The number of hydrogen-bond acceptors (Lipinski definition) is 3. The Balaban J connectivity index is 2.46. The molecule has 0 radical (unpaired) electrons. The molecule has 2 aromatic carbocycles. The minimum Gasteiger partial charge on any atom is -0.478 e. The molecule has 0 aliphatic carbocycles. The molecule has 0 saturated carbocycles. The number of carboxylic acids is 1.